The quantitative estimate of drug-likeness (QED) is 0.741. The summed E-state index contributed by atoms with van der Waals surface area (Å²) in [5.74, 6) is -0.582. The third-order valence-electron chi connectivity index (χ3n) is 3.97. The summed E-state index contributed by atoms with van der Waals surface area (Å²) >= 11 is 5.88. The molecule has 6 heteroatoms. The molecular formula is C18H21ClN3O2+. The van der Waals surface area contributed by atoms with Crippen molar-refractivity contribution in [2.45, 2.75) is 19.5 Å². The normalized spacial score (nSPS) is 13.1. The molecule has 0 aliphatic rings. The molecule has 2 rings (SSSR count). The number of halogens is 1. The minimum Gasteiger partial charge on any atom is -0.366 e. The molecule has 2 aromatic carbocycles. The fourth-order valence-electron chi connectivity index (χ4n) is 2.27. The molecular weight excluding hydrogens is 326 g/mol. The van der Waals surface area contributed by atoms with Crippen LogP contribution in [0.5, 0.6) is 0 Å². The van der Waals surface area contributed by atoms with Crippen LogP contribution in [0, 0.1) is 0 Å². The lowest BCUT2D eigenvalue weighted by atomic mass is 10.1. The first kappa shape index (κ1) is 18.0. The van der Waals surface area contributed by atoms with Gasteiger partial charge in [-0.15, -0.1) is 0 Å². The SMILES string of the molecule is C[C@@H](C(=O)Nc1ccc(C(N)=O)cc1)[NH+](C)Cc1ccc(Cl)cc1. The van der Waals surface area contributed by atoms with Gasteiger partial charge in [0.15, 0.2) is 6.04 Å². The minimum atomic E-state index is -0.492. The average molecular weight is 347 g/mol. The highest BCUT2D eigenvalue weighted by Crippen LogP contribution is 2.10. The third-order valence-corrected chi connectivity index (χ3v) is 4.22. The maximum Gasteiger partial charge on any atom is 0.282 e. The Balaban J connectivity index is 1.95. The third kappa shape index (κ3) is 4.81. The van der Waals surface area contributed by atoms with Gasteiger partial charge in [0.05, 0.1) is 7.05 Å². The second-order valence-corrected chi connectivity index (χ2v) is 6.24. The molecule has 1 unspecified atom stereocenters. The molecule has 4 N–H and O–H groups in total. The van der Waals surface area contributed by atoms with Crippen molar-refractivity contribution < 1.29 is 14.5 Å². The molecule has 2 atom stereocenters. The molecule has 126 valence electrons. The molecule has 0 bridgehead atoms. The molecule has 0 aliphatic carbocycles. The number of anilines is 1. The Labute approximate surface area is 146 Å². The zero-order valence-electron chi connectivity index (χ0n) is 13.7. The Hall–Kier alpha value is -2.37. The van der Waals surface area contributed by atoms with Gasteiger partial charge in [0, 0.05) is 21.8 Å². The highest BCUT2D eigenvalue weighted by atomic mass is 35.5. The topological polar surface area (TPSA) is 76.6 Å². The van der Waals surface area contributed by atoms with Gasteiger partial charge in [-0.3, -0.25) is 9.59 Å². The number of nitrogens with one attached hydrogen (secondary N) is 2. The Kier molecular flexibility index (Phi) is 5.95. The van der Waals surface area contributed by atoms with E-state index >= 15 is 0 Å². The summed E-state index contributed by atoms with van der Waals surface area (Å²) in [6.07, 6.45) is 0. The van der Waals surface area contributed by atoms with Gasteiger partial charge in [-0.2, -0.15) is 0 Å². The van der Waals surface area contributed by atoms with Gasteiger partial charge in [0.1, 0.15) is 6.54 Å². The van der Waals surface area contributed by atoms with Crippen LogP contribution in [-0.4, -0.2) is 24.9 Å². The molecule has 0 saturated heterocycles. The lowest BCUT2D eigenvalue weighted by Gasteiger charge is -2.21. The first-order valence-corrected chi connectivity index (χ1v) is 8.02. The number of hydrogen-bond acceptors (Lipinski definition) is 2. The summed E-state index contributed by atoms with van der Waals surface area (Å²) in [4.78, 5) is 24.5. The van der Waals surface area contributed by atoms with E-state index in [1.54, 1.807) is 24.3 Å². The van der Waals surface area contributed by atoms with Gasteiger partial charge in [-0.25, -0.2) is 0 Å². The second kappa shape index (κ2) is 7.95. The summed E-state index contributed by atoms with van der Waals surface area (Å²) in [5, 5.41) is 3.55. The summed E-state index contributed by atoms with van der Waals surface area (Å²) in [5.41, 5.74) is 7.36. The van der Waals surface area contributed by atoms with Crippen molar-refractivity contribution in [2.24, 2.45) is 5.73 Å². The predicted molar refractivity (Wildman–Crippen MR) is 95.1 cm³/mol. The van der Waals surface area contributed by atoms with Crippen molar-refractivity contribution in [1.82, 2.24) is 0 Å². The van der Waals surface area contributed by atoms with Crippen molar-refractivity contribution in [3.63, 3.8) is 0 Å². The highest BCUT2D eigenvalue weighted by molar-refractivity contribution is 6.30. The molecule has 0 spiro atoms. The van der Waals surface area contributed by atoms with Crippen LogP contribution in [-0.2, 0) is 11.3 Å². The molecule has 0 heterocycles. The van der Waals surface area contributed by atoms with E-state index in [-0.39, 0.29) is 11.9 Å². The smallest absolute Gasteiger partial charge is 0.282 e. The number of hydrogen-bond donors (Lipinski definition) is 3. The van der Waals surface area contributed by atoms with Gasteiger partial charge in [0.2, 0.25) is 5.91 Å². The zero-order chi connectivity index (χ0) is 17.7. The fourth-order valence-corrected chi connectivity index (χ4v) is 2.40. The molecule has 0 aromatic heterocycles. The van der Waals surface area contributed by atoms with Gasteiger partial charge < -0.3 is 16.0 Å². The Bertz CT molecular complexity index is 714. The maximum atomic E-state index is 12.4. The lowest BCUT2D eigenvalue weighted by molar-refractivity contribution is -0.907. The zero-order valence-corrected chi connectivity index (χ0v) is 14.4. The van der Waals surface area contributed by atoms with E-state index in [9.17, 15) is 9.59 Å². The van der Waals surface area contributed by atoms with Crippen LogP contribution < -0.4 is 16.0 Å². The van der Waals surface area contributed by atoms with Gasteiger partial charge in [0.25, 0.3) is 5.91 Å². The van der Waals surface area contributed by atoms with Gasteiger partial charge >= 0.3 is 0 Å². The van der Waals surface area contributed by atoms with Crippen LogP contribution >= 0.6 is 11.6 Å². The molecule has 0 aliphatic heterocycles. The standard InChI is InChI=1S/C18H20ClN3O2/c1-12(22(2)11-13-3-7-15(19)8-4-13)18(24)21-16-9-5-14(6-10-16)17(20)23/h3-10,12H,11H2,1-2H3,(H2,20,23)(H,21,24)/p+1/t12-/m0/s1. The van der Waals surface area contributed by atoms with Gasteiger partial charge in [-0.1, -0.05) is 23.7 Å². The van der Waals surface area contributed by atoms with Crippen molar-refractivity contribution in [1.29, 1.82) is 0 Å². The summed E-state index contributed by atoms with van der Waals surface area (Å²) < 4.78 is 0. The van der Waals surface area contributed by atoms with Gasteiger partial charge in [-0.05, 0) is 43.3 Å². The van der Waals surface area contributed by atoms with Crippen molar-refractivity contribution in [2.75, 3.05) is 12.4 Å². The van der Waals surface area contributed by atoms with E-state index in [1.165, 1.54) is 0 Å². The predicted octanol–water partition coefficient (Wildman–Crippen LogP) is 1.48. The second-order valence-electron chi connectivity index (χ2n) is 5.80. The monoisotopic (exact) mass is 346 g/mol. The number of benzene rings is 2. The van der Waals surface area contributed by atoms with Crippen LogP contribution in [0.1, 0.15) is 22.8 Å². The largest absolute Gasteiger partial charge is 0.366 e. The molecule has 24 heavy (non-hydrogen) atoms. The molecule has 0 fully saturated rings. The van der Waals surface area contributed by atoms with E-state index in [4.69, 9.17) is 17.3 Å². The fraction of sp³-hybridized carbons (Fsp3) is 0.222. The number of likely N-dealkylation sites (N-methyl/N-ethyl adjacent to an activating group) is 1. The maximum absolute atomic E-state index is 12.4. The van der Waals surface area contributed by atoms with E-state index in [0.29, 0.717) is 22.8 Å². The molecule has 2 aromatic rings. The van der Waals surface area contributed by atoms with Crippen molar-refractivity contribution in [3.05, 3.63) is 64.7 Å². The van der Waals surface area contributed by atoms with Crippen LogP contribution in [0.25, 0.3) is 0 Å². The number of nitrogens with two attached hydrogens (primary N) is 1. The van der Waals surface area contributed by atoms with Crippen molar-refractivity contribution >= 4 is 29.1 Å². The van der Waals surface area contributed by atoms with Crippen LogP contribution in [0.2, 0.25) is 5.02 Å². The summed E-state index contributed by atoms with van der Waals surface area (Å²) in [6, 6.07) is 13.9. The average Bonchev–Trinajstić information content (AvgIpc) is 2.56. The number of amides is 2. The van der Waals surface area contributed by atoms with Crippen molar-refractivity contribution in [3.8, 4) is 0 Å². The Morgan fingerprint density at radius 1 is 1.12 bits per heavy atom. The van der Waals surface area contributed by atoms with Crippen LogP contribution in [0.15, 0.2) is 48.5 Å². The number of carbonyl (C=O) groups is 2. The molecule has 0 radical (unpaired) electrons. The number of quaternary nitrogens is 1. The summed E-state index contributed by atoms with van der Waals surface area (Å²) in [7, 11) is 1.97. The van der Waals surface area contributed by atoms with Crippen LogP contribution in [0.3, 0.4) is 0 Å². The van der Waals surface area contributed by atoms with Crippen LogP contribution in [0.4, 0.5) is 5.69 Å². The molecule has 5 nitrogen and oxygen atoms in total. The Morgan fingerprint density at radius 3 is 2.25 bits per heavy atom. The number of rotatable bonds is 6. The first-order valence-electron chi connectivity index (χ1n) is 7.64. The van der Waals surface area contributed by atoms with E-state index in [0.717, 1.165) is 10.5 Å². The van der Waals surface area contributed by atoms with E-state index < -0.39 is 5.91 Å². The highest BCUT2D eigenvalue weighted by Gasteiger charge is 2.22. The number of primary amides is 1. The lowest BCUT2D eigenvalue weighted by Crippen LogP contribution is -3.12. The number of carbonyl (C=O) groups excluding carboxylic acids is 2. The van der Waals surface area contributed by atoms with E-state index in [1.807, 2.05) is 38.2 Å². The molecule has 2 amide bonds. The van der Waals surface area contributed by atoms with E-state index in [2.05, 4.69) is 5.32 Å². The first-order chi connectivity index (χ1) is 11.4. The minimum absolute atomic E-state index is 0.0895. The molecule has 0 saturated carbocycles. The Morgan fingerprint density at radius 2 is 1.71 bits per heavy atom. The summed E-state index contributed by atoms with van der Waals surface area (Å²) in [6.45, 7) is 2.59.